The van der Waals surface area contributed by atoms with Gasteiger partial charge in [0, 0.05) is 49.8 Å². The van der Waals surface area contributed by atoms with Crippen LogP contribution in [0.2, 0.25) is 0 Å². The van der Waals surface area contributed by atoms with Gasteiger partial charge < -0.3 is 4.90 Å². The van der Waals surface area contributed by atoms with Crippen molar-refractivity contribution >= 4 is 33.8 Å². The largest absolute Gasteiger partial charge is 0.337 e. The Labute approximate surface area is 174 Å². The first kappa shape index (κ1) is 21.4. The molecule has 0 unspecified atom stereocenters. The maximum atomic E-state index is 12.5. The van der Waals surface area contributed by atoms with E-state index in [4.69, 9.17) is 0 Å². The number of hydrogen-bond acceptors (Lipinski definition) is 5. The summed E-state index contributed by atoms with van der Waals surface area (Å²) in [4.78, 5) is 24.1. The molecule has 0 saturated carbocycles. The molecule has 0 radical (unpaired) electrons. The van der Waals surface area contributed by atoms with Gasteiger partial charge in [-0.3, -0.25) is 14.9 Å². The Bertz CT molecular complexity index is 1060. The molecule has 9 heteroatoms. The van der Waals surface area contributed by atoms with Crippen molar-refractivity contribution in [2.24, 2.45) is 0 Å². The molecule has 0 atom stereocenters. The molecule has 0 spiro atoms. The molecule has 0 bridgehead atoms. The summed E-state index contributed by atoms with van der Waals surface area (Å²) in [5, 5.41) is 11.9. The maximum absolute atomic E-state index is 12.5. The van der Waals surface area contributed by atoms with Gasteiger partial charge in [0.1, 0.15) is 0 Å². The molecule has 1 heterocycles. The summed E-state index contributed by atoms with van der Waals surface area (Å²) in [7, 11) is -3.56. The van der Waals surface area contributed by atoms with Gasteiger partial charge in [-0.1, -0.05) is 30.3 Å². The van der Waals surface area contributed by atoms with Crippen LogP contribution in [0.5, 0.6) is 0 Å². The van der Waals surface area contributed by atoms with Crippen molar-refractivity contribution in [3.8, 4) is 0 Å². The third kappa shape index (κ3) is 5.62. The number of hydrogen-bond donors (Lipinski definition) is 0. The third-order valence-electron chi connectivity index (χ3n) is 4.66. The molecule has 0 aromatic heterocycles. The Morgan fingerprint density at radius 1 is 0.900 bits per heavy atom. The van der Waals surface area contributed by atoms with Crippen LogP contribution in [0.1, 0.15) is 11.1 Å². The number of nitro benzene ring substituents is 1. The van der Waals surface area contributed by atoms with Crippen molar-refractivity contribution in [3.05, 3.63) is 87.3 Å². The van der Waals surface area contributed by atoms with E-state index < -0.39 is 14.9 Å². The summed E-state index contributed by atoms with van der Waals surface area (Å²) >= 11 is 0. The minimum atomic E-state index is -3.56. The quantitative estimate of drug-likeness (QED) is 0.401. The van der Waals surface area contributed by atoms with Gasteiger partial charge in [0.05, 0.1) is 4.92 Å². The number of rotatable bonds is 6. The fraction of sp³-hybridized carbons (Fsp3) is 0.190. The van der Waals surface area contributed by atoms with Crippen LogP contribution < -0.4 is 0 Å². The molecule has 0 aliphatic carbocycles. The molecule has 1 amide bonds. The van der Waals surface area contributed by atoms with Gasteiger partial charge in [0.15, 0.2) is 0 Å². The summed E-state index contributed by atoms with van der Waals surface area (Å²) in [6.07, 6.45) is 4.53. The van der Waals surface area contributed by atoms with Gasteiger partial charge in [-0.2, -0.15) is 4.31 Å². The molecule has 2 aromatic rings. The monoisotopic (exact) mass is 427 g/mol. The highest BCUT2D eigenvalue weighted by atomic mass is 32.2. The van der Waals surface area contributed by atoms with Crippen LogP contribution in [-0.4, -0.2) is 54.6 Å². The van der Waals surface area contributed by atoms with Crippen molar-refractivity contribution in [1.29, 1.82) is 0 Å². The van der Waals surface area contributed by atoms with Gasteiger partial charge in [0.25, 0.3) is 5.69 Å². The van der Waals surface area contributed by atoms with Crippen LogP contribution >= 0.6 is 0 Å². The van der Waals surface area contributed by atoms with Crippen molar-refractivity contribution < 1.29 is 18.1 Å². The van der Waals surface area contributed by atoms with E-state index in [1.807, 2.05) is 30.3 Å². The summed E-state index contributed by atoms with van der Waals surface area (Å²) in [5.41, 5.74) is 1.45. The number of amides is 1. The zero-order chi connectivity index (χ0) is 21.6. The lowest BCUT2D eigenvalue weighted by molar-refractivity contribution is -0.384. The average molecular weight is 427 g/mol. The van der Waals surface area contributed by atoms with Crippen LogP contribution in [0.15, 0.2) is 66.1 Å². The van der Waals surface area contributed by atoms with Gasteiger partial charge in [-0.25, -0.2) is 8.42 Å². The number of nitrogens with zero attached hydrogens (tertiary/aromatic N) is 3. The number of sulfonamides is 1. The topological polar surface area (TPSA) is 101 Å². The number of carbonyl (C=O) groups excluding carboxylic acids is 1. The van der Waals surface area contributed by atoms with Gasteiger partial charge in [-0.05, 0) is 35.4 Å². The standard InChI is InChI=1S/C21H21N3O5S/c25-21(11-8-19-6-9-20(10-7-19)24(26)27)22-13-15-23(16-14-22)30(28,29)17-12-18-4-2-1-3-5-18/h1-12,17H,13-16H2/b11-8+,17-12+. The molecule has 2 aromatic carbocycles. The first-order valence-electron chi connectivity index (χ1n) is 9.30. The number of non-ortho nitro benzene ring substituents is 1. The highest BCUT2D eigenvalue weighted by Crippen LogP contribution is 2.14. The summed E-state index contributed by atoms with van der Waals surface area (Å²) in [6.45, 7) is 1.03. The number of piperazine rings is 1. The minimum absolute atomic E-state index is 0.0166. The van der Waals surface area contributed by atoms with E-state index in [0.29, 0.717) is 18.7 Å². The third-order valence-corrected chi connectivity index (χ3v) is 6.23. The molecule has 8 nitrogen and oxygen atoms in total. The Kier molecular flexibility index (Phi) is 6.76. The highest BCUT2D eigenvalue weighted by Gasteiger charge is 2.26. The molecule has 0 N–H and O–H groups in total. The summed E-state index contributed by atoms with van der Waals surface area (Å²) in [5.74, 6) is -0.231. The Morgan fingerprint density at radius 3 is 2.10 bits per heavy atom. The maximum Gasteiger partial charge on any atom is 0.269 e. The second-order valence-electron chi connectivity index (χ2n) is 6.66. The molecule has 1 aliphatic rings. The van der Waals surface area contributed by atoms with Gasteiger partial charge in [0.2, 0.25) is 15.9 Å². The van der Waals surface area contributed by atoms with E-state index in [1.165, 1.54) is 27.9 Å². The van der Waals surface area contributed by atoms with Gasteiger partial charge >= 0.3 is 0 Å². The van der Waals surface area contributed by atoms with Gasteiger partial charge in [-0.15, -0.1) is 0 Å². The van der Waals surface area contributed by atoms with Crippen LogP contribution in [0.4, 0.5) is 5.69 Å². The first-order valence-corrected chi connectivity index (χ1v) is 10.8. The molecule has 3 rings (SSSR count). The van der Waals surface area contributed by atoms with E-state index in [9.17, 15) is 23.3 Å². The van der Waals surface area contributed by atoms with E-state index in [0.717, 1.165) is 5.56 Å². The molecule has 1 aliphatic heterocycles. The van der Waals surface area contributed by atoms with Crippen LogP contribution in [0.3, 0.4) is 0 Å². The minimum Gasteiger partial charge on any atom is -0.337 e. The van der Waals surface area contributed by atoms with Crippen molar-refractivity contribution in [2.75, 3.05) is 26.2 Å². The molecular weight excluding hydrogens is 406 g/mol. The van der Waals surface area contributed by atoms with Crippen LogP contribution in [-0.2, 0) is 14.8 Å². The molecule has 1 saturated heterocycles. The predicted octanol–water partition coefficient (Wildman–Crippen LogP) is 2.75. The lowest BCUT2D eigenvalue weighted by Crippen LogP contribution is -2.49. The van der Waals surface area contributed by atoms with E-state index in [2.05, 4.69) is 0 Å². The second-order valence-corrected chi connectivity index (χ2v) is 8.48. The summed E-state index contributed by atoms with van der Waals surface area (Å²) in [6, 6.07) is 15.0. The van der Waals surface area contributed by atoms with Crippen molar-refractivity contribution in [1.82, 2.24) is 9.21 Å². The van der Waals surface area contributed by atoms with Crippen molar-refractivity contribution in [3.63, 3.8) is 0 Å². The fourth-order valence-electron chi connectivity index (χ4n) is 2.96. The lowest BCUT2D eigenvalue weighted by Gasteiger charge is -2.32. The molecule has 30 heavy (non-hydrogen) atoms. The number of nitro groups is 1. The lowest BCUT2D eigenvalue weighted by atomic mass is 10.2. The fourth-order valence-corrected chi connectivity index (χ4v) is 4.13. The van der Waals surface area contributed by atoms with E-state index >= 15 is 0 Å². The zero-order valence-electron chi connectivity index (χ0n) is 16.1. The zero-order valence-corrected chi connectivity index (χ0v) is 16.9. The average Bonchev–Trinajstić information content (AvgIpc) is 2.77. The second kappa shape index (κ2) is 9.47. The van der Waals surface area contributed by atoms with Crippen LogP contribution in [0.25, 0.3) is 12.2 Å². The number of carbonyl (C=O) groups is 1. The smallest absolute Gasteiger partial charge is 0.269 e. The SMILES string of the molecule is O=C(/C=C/c1ccc([N+](=O)[O-])cc1)N1CCN(S(=O)(=O)/C=C/c2ccccc2)CC1. The van der Waals surface area contributed by atoms with E-state index in [1.54, 1.807) is 29.2 Å². The normalized spacial score (nSPS) is 15.7. The molecular formula is C21H21N3O5S. The van der Waals surface area contributed by atoms with Crippen molar-refractivity contribution in [2.45, 2.75) is 0 Å². The Morgan fingerprint density at radius 2 is 1.50 bits per heavy atom. The Balaban J connectivity index is 1.54. The highest BCUT2D eigenvalue weighted by molar-refractivity contribution is 7.92. The summed E-state index contributed by atoms with van der Waals surface area (Å²) < 4.78 is 26.3. The van der Waals surface area contributed by atoms with E-state index in [-0.39, 0.29) is 24.7 Å². The molecule has 1 fully saturated rings. The Hall–Kier alpha value is -3.30. The predicted molar refractivity (Wildman–Crippen MR) is 115 cm³/mol. The number of benzene rings is 2. The molecule has 156 valence electrons. The van der Waals surface area contributed by atoms with Crippen LogP contribution in [0, 0.1) is 10.1 Å². The first-order chi connectivity index (χ1) is 14.3.